The Hall–Kier alpha value is -4.71. The van der Waals surface area contributed by atoms with Crippen LogP contribution in [0.5, 0.6) is 0 Å². The summed E-state index contributed by atoms with van der Waals surface area (Å²) in [6, 6.07) is 13.9. The number of pyridine rings is 1. The molecule has 0 bridgehead atoms. The van der Waals surface area contributed by atoms with Gasteiger partial charge in [-0.15, -0.1) is 0 Å². The molecule has 0 radical (unpaired) electrons. The Balaban J connectivity index is 1.36. The maximum Gasteiger partial charge on any atom is 0.407 e. The van der Waals surface area contributed by atoms with Gasteiger partial charge in [0.2, 0.25) is 0 Å². The fourth-order valence-corrected chi connectivity index (χ4v) is 4.81. The van der Waals surface area contributed by atoms with E-state index in [1.165, 1.54) is 4.57 Å². The molecule has 4 rings (SSSR count). The lowest BCUT2D eigenvalue weighted by Crippen LogP contribution is -2.42. The Labute approximate surface area is 234 Å². The van der Waals surface area contributed by atoms with Crippen LogP contribution in [0.4, 0.5) is 16.4 Å². The summed E-state index contributed by atoms with van der Waals surface area (Å²) in [4.78, 5) is 45.0. The number of alkyl carbamates (subject to hydrolysis) is 1. The number of carboxylic acids is 1. The number of hydrogen-bond donors (Lipinski definition) is 4. The molecule has 3 aromatic heterocycles. The van der Waals surface area contributed by atoms with Gasteiger partial charge in [-0.2, -0.15) is 16.3 Å². The monoisotopic (exact) mass is 562 g/mol. The molecule has 0 saturated carbocycles. The van der Waals surface area contributed by atoms with Gasteiger partial charge in [0.05, 0.1) is 12.5 Å². The largest absolute Gasteiger partial charge is 0.481 e. The number of aliphatic carboxylic acids is 1. The molecule has 0 saturated heterocycles. The Bertz CT molecular complexity index is 1480. The zero-order valence-corrected chi connectivity index (χ0v) is 22.7. The minimum Gasteiger partial charge on any atom is -0.481 e. The maximum absolute atomic E-state index is 12.8. The highest BCUT2D eigenvalue weighted by molar-refractivity contribution is 7.08. The summed E-state index contributed by atoms with van der Waals surface area (Å²) in [5.41, 5.74) is 3.11. The van der Waals surface area contributed by atoms with E-state index in [2.05, 4.69) is 31.3 Å². The minimum atomic E-state index is -1.12. The lowest BCUT2D eigenvalue weighted by atomic mass is 10.2. The van der Waals surface area contributed by atoms with Crippen molar-refractivity contribution in [1.29, 1.82) is 0 Å². The molecule has 3 heterocycles. The number of carbonyl (C=O) groups excluding carboxylic acids is 1. The lowest BCUT2D eigenvalue weighted by molar-refractivity contribution is -0.137. The fourth-order valence-electron chi connectivity index (χ4n) is 3.94. The molecule has 0 fully saturated rings. The summed E-state index contributed by atoms with van der Waals surface area (Å²) < 4.78 is 6.50. The minimum absolute atomic E-state index is 0.0402. The number of aryl methyl sites for hydroxylation is 1. The first-order valence-electron chi connectivity index (χ1n) is 12.6. The molecule has 1 unspecified atom stereocenters. The number of rotatable bonds is 13. The number of aromatic nitrogens is 3. The number of nitrogens with one attached hydrogen (secondary N) is 3. The van der Waals surface area contributed by atoms with E-state index in [4.69, 9.17) is 4.74 Å². The van der Waals surface area contributed by atoms with Gasteiger partial charge < -0.3 is 25.8 Å². The third kappa shape index (κ3) is 8.40. The zero-order chi connectivity index (χ0) is 28.3. The molecule has 1 amide bonds. The van der Waals surface area contributed by atoms with Gasteiger partial charge in [0.15, 0.2) is 0 Å². The van der Waals surface area contributed by atoms with Crippen molar-refractivity contribution in [2.75, 3.05) is 10.6 Å². The highest BCUT2D eigenvalue weighted by Crippen LogP contribution is 2.19. The summed E-state index contributed by atoms with van der Waals surface area (Å²) in [7, 11) is 0. The maximum atomic E-state index is 12.8. The standard InChI is InChI=1S/C28H30N6O5S/c1-19-14-34(15-23(11-25(35)36)32-28(38)39-16-20-7-3-2-4-8-20)27(37)33-26(19)31-13-22-18-40-17-21(22)12-30-24-9-5-6-10-29-24/h2-10,14,17-18,23H,11-13,15-16H2,1H3,(H,29,30)(H,32,38)(H,35,36)(H,31,33,37). The van der Waals surface area contributed by atoms with Crippen molar-refractivity contribution in [3.8, 4) is 0 Å². The number of thiophene rings is 1. The van der Waals surface area contributed by atoms with E-state index in [-0.39, 0.29) is 19.6 Å². The number of ether oxygens (including phenoxy) is 1. The number of benzene rings is 1. The third-order valence-corrected chi connectivity index (χ3v) is 6.79. The van der Waals surface area contributed by atoms with Crippen LogP contribution >= 0.6 is 11.3 Å². The van der Waals surface area contributed by atoms with Crippen LogP contribution in [0, 0.1) is 6.92 Å². The molecule has 0 aliphatic rings. The van der Waals surface area contributed by atoms with E-state index >= 15 is 0 Å². The second-order valence-corrected chi connectivity index (χ2v) is 9.80. The summed E-state index contributed by atoms with van der Waals surface area (Å²) in [6.45, 7) is 2.84. The van der Waals surface area contributed by atoms with Crippen molar-refractivity contribution < 1.29 is 19.4 Å². The van der Waals surface area contributed by atoms with Crippen molar-refractivity contribution in [3.63, 3.8) is 0 Å². The van der Waals surface area contributed by atoms with Crippen LogP contribution in [-0.2, 0) is 35.8 Å². The Kier molecular flexibility index (Phi) is 9.83. The molecule has 208 valence electrons. The van der Waals surface area contributed by atoms with Gasteiger partial charge in [0.1, 0.15) is 18.2 Å². The Morgan fingerprint density at radius 1 is 1.05 bits per heavy atom. The first kappa shape index (κ1) is 28.3. The highest BCUT2D eigenvalue weighted by atomic mass is 32.1. The molecule has 12 heteroatoms. The Morgan fingerprint density at radius 2 is 1.77 bits per heavy atom. The van der Waals surface area contributed by atoms with Crippen LogP contribution in [-0.4, -0.2) is 37.7 Å². The topological polar surface area (TPSA) is 147 Å². The molecule has 0 spiro atoms. The van der Waals surface area contributed by atoms with E-state index in [0.717, 1.165) is 22.5 Å². The predicted octanol–water partition coefficient (Wildman–Crippen LogP) is 4.00. The summed E-state index contributed by atoms with van der Waals surface area (Å²) in [5, 5.41) is 22.5. The molecule has 40 heavy (non-hydrogen) atoms. The second-order valence-electron chi connectivity index (χ2n) is 9.05. The number of carbonyl (C=O) groups is 2. The number of anilines is 2. The van der Waals surface area contributed by atoms with Gasteiger partial charge >= 0.3 is 17.8 Å². The van der Waals surface area contributed by atoms with Crippen LogP contribution in [0.2, 0.25) is 0 Å². The number of hydrogen-bond acceptors (Lipinski definition) is 9. The predicted molar refractivity (Wildman–Crippen MR) is 152 cm³/mol. The van der Waals surface area contributed by atoms with Gasteiger partial charge in [-0.05, 0) is 46.5 Å². The van der Waals surface area contributed by atoms with E-state index in [0.29, 0.717) is 24.5 Å². The van der Waals surface area contributed by atoms with Crippen LogP contribution in [0.3, 0.4) is 0 Å². The van der Waals surface area contributed by atoms with Gasteiger partial charge in [-0.1, -0.05) is 36.4 Å². The fraction of sp³-hybridized carbons (Fsp3) is 0.250. The first-order valence-corrected chi connectivity index (χ1v) is 13.5. The molecule has 1 aromatic carbocycles. The van der Waals surface area contributed by atoms with E-state index in [1.807, 2.05) is 53.9 Å². The third-order valence-electron chi connectivity index (χ3n) is 5.95. The molecule has 1 atom stereocenters. The highest BCUT2D eigenvalue weighted by Gasteiger charge is 2.19. The normalized spacial score (nSPS) is 11.4. The smallest absolute Gasteiger partial charge is 0.407 e. The van der Waals surface area contributed by atoms with Crippen LogP contribution in [0.25, 0.3) is 0 Å². The number of carboxylic acid groups (broad SMARTS) is 1. The quantitative estimate of drug-likeness (QED) is 0.190. The van der Waals surface area contributed by atoms with Crippen LogP contribution in [0.15, 0.2) is 76.5 Å². The molecule has 4 aromatic rings. The summed E-state index contributed by atoms with van der Waals surface area (Å²) >= 11 is 1.59. The van der Waals surface area contributed by atoms with Crippen molar-refractivity contribution >= 4 is 35.0 Å². The van der Waals surface area contributed by atoms with Crippen LogP contribution < -0.4 is 21.6 Å². The second kappa shape index (κ2) is 13.9. The summed E-state index contributed by atoms with van der Waals surface area (Å²) in [6.07, 6.45) is 2.17. The summed E-state index contributed by atoms with van der Waals surface area (Å²) in [5.74, 6) is 0.100. The molecule has 0 aliphatic carbocycles. The van der Waals surface area contributed by atoms with E-state index in [9.17, 15) is 19.5 Å². The van der Waals surface area contributed by atoms with E-state index in [1.54, 1.807) is 30.7 Å². The zero-order valence-electron chi connectivity index (χ0n) is 21.9. The van der Waals surface area contributed by atoms with Crippen molar-refractivity contribution in [2.45, 2.75) is 45.6 Å². The average Bonchev–Trinajstić information content (AvgIpc) is 3.40. The van der Waals surface area contributed by atoms with Crippen molar-refractivity contribution in [3.05, 3.63) is 104 Å². The van der Waals surface area contributed by atoms with E-state index < -0.39 is 23.8 Å². The van der Waals surface area contributed by atoms with Crippen LogP contribution in [0.1, 0.15) is 28.7 Å². The SMILES string of the molecule is Cc1cn(CC(CC(=O)O)NC(=O)OCc2ccccc2)c(=O)nc1NCc1cscc1CNc1ccccn1. The number of amides is 1. The van der Waals surface area contributed by atoms with Gasteiger partial charge in [-0.3, -0.25) is 9.36 Å². The van der Waals surface area contributed by atoms with Gasteiger partial charge in [0, 0.05) is 37.6 Å². The van der Waals surface area contributed by atoms with Crippen molar-refractivity contribution in [1.82, 2.24) is 19.9 Å². The Morgan fingerprint density at radius 3 is 2.48 bits per heavy atom. The van der Waals surface area contributed by atoms with Gasteiger partial charge in [-0.25, -0.2) is 14.6 Å². The average molecular weight is 563 g/mol. The lowest BCUT2D eigenvalue weighted by Gasteiger charge is -2.19. The first-order chi connectivity index (χ1) is 19.4. The molecule has 11 nitrogen and oxygen atoms in total. The molecule has 4 N–H and O–H groups in total. The number of nitrogens with zero attached hydrogens (tertiary/aromatic N) is 3. The van der Waals surface area contributed by atoms with Crippen molar-refractivity contribution in [2.24, 2.45) is 0 Å². The molecule has 0 aliphatic heterocycles. The molecular weight excluding hydrogens is 532 g/mol. The van der Waals surface area contributed by atoms with Gasteiger partial charge in [0.25, 0.3) is 0 Å². The molecular formula is C28H30N6O5S.